The molecule has 0 unspecified atom stereocenters. The second-order valence-electron chi connectivity index (χ2n) is 6.55. The smallest absolute Gasteiger partial charge is 0.234 e. The number of para-hydroxylation sites is 1. The standard InChI is InChI=1S/C19H22FNOS/c1-13-9-10-14(19(2,3)4)11-17(13)23-12-18(22)21-16-8-6-5-7-15(16)20/h5-11H,12H2,1-4H3,(H,21,22). The van der Waals surface area contributed by atoms with Crippen molar-refractivity contribution in [2.75, 3.05) is 11.1 Å². The Morgan fingerprint density at radius 2 is 1.87 bits per heavy atom. The molecule has 2 aromatic rings. The summed E-state index contributed by atoms with van der Waals surface area (Å²) in [5.41, 5.74) is 2.67. The van der Waals surface area contributed by atoms with E-state index in [9.17, 15) is 9.18 Å². The number of rotatable bonds is 4. The van der Waals surface area contributed by atoms with E-state index in [-0.39, 0.29) is 22.8 Å². The molecule has 23 heavy (non-hydrogen) atoms. The summed E-state index contributed by atoms with van der Waals surface area (Å²) < 4.78 is 13.5. The highest BCUT2D eigenvalue weighted by Gasteiger charge is 2.15. The largest absolute Gasteiger partial charge is 0.323 e. The normalized spacial score (nSPS) is 11.3. The van der Waals surface area contributed by atoms with Gasteiger partial charge in [-0.3, -0.25) is 4.79 Å². The molecule has 4 heteroatoms. The molecule has 0 saturated heterocycles. The van der Waals surface area contributed by atoms with Crippen molar-refractivity contribution >= 4 is 23.4 Å². The van der Waals surface area contributed by atoms with E-state index in [2.05, 4.69) is 44.3 Å². The molecular weight excluding hydrogens is 309 g/mol. The van der Waals surface area contributed by atoms with E-state index < -0.39 is 5.82 Å². The van der Waals surface area contributed by atoms with Crippen LogP contribution in [0.15, 0.2) is 47.4 Å². The van der Waals surface area contributed by atoms with Crippen molar-refractivity contribution in [2.24, 2.45) is 0 Å². The second kappa shape index (κ2) is 7.18. The summed E-state index contributed by atoms with van der Waals surface area (Å²) >= 11 is 1.48. The topological polar surface area (TPSA) is 29.1 Å². The quantitative estimate of drug-likeness (QED) is 0.784. The third kappa shape index (κ3) is 4.83. The number of nitrogens with one attached hydrogen (secondary N) is 1. The number of halogens is 1. The fourth-order valence-corrected chi connectivity index (χ4v) is 2.98. The molecule has 122 valence electrons. The first-order chi connectivity index (χ1) is 10.8. The minimum atomic E-state index is -0.420. The molecule has 2 aromatic carbocycles. The summed E-state index contributed by atoms with van der Waals surface area (Å²) in [4.78, 5) is 13.1. The van der Waals surface area contributed by atoms with Gasteiger partial charge in [0.25, 0.3) is 0 Å². The van der Waals surface area contributed by atoms with E-state index in [1.165, 1.54) is 23.4 Å². The molecule has 0 heterocycles. The molecule has 0 fully saturated rings. The van der Waals surface area contributed by atoms with E-state index in [1.54, 1.807) is 18.2 Å². The molecule has 0 aliphatic carbocycles. The number of benzene rings is 2. The molecular formula is C19H22FNOS. The average Bonchev–Trinajstić information content (AvgIpc) is 2.47. The number of hydrogen-bond donors (Lipinski definition) is 1. The highest BCUT2D eigenvalue weighted by molar-refractivity contribution is 8.00. The Morgan fingerprint density at radius 1 is 1.17 bits per heavy atom. The van der Waals surface area contributed by atoms with Crippen LogP contribution >= 0.6 is 11.8 Å². The first-order valence-corrected chi connectivity index (χ1v) is 8.54. The van der Waals surface area contributed by atoms with Crippen LogP contribution in [-0.4, -0.2) is 11.7 Å². The van der Waals surface area contributed by atoms with Crippen LogP contribution in [0.1, 0.15) is 31.9 Å². The maximum absolute atomic E-state index is 13.5. The second-order valence-corrected chi connectivity index (χ2v) is 7.56. The minimum Gasteiger partial charge on any atom is -0.323 e. The monoisotopic (exact) mass is 331 g/mol. The molecule has 0 aliphatic heterocycles. The SMILES string of the molecule is Cc1ccc(C(C)(C)C)cc1SCC(=O)Nc1ccccc1F. The van der Waals surface area contributed by atoms with Crippen LogP contribution in [0, 0.1) is 12.7 Å². The summed E-state index contributed by atoms with van der Waals surface area (Å²) in [6, 6.07) is 12.5. The zero-order chi connectivity index (χ0) is 17.0. The van der Waals surface area contributed by atoms with E-state index in [0.717, 1.165) is 10.5 Å². The zero-order valence-corrected chi connectivity index (χ0v) is 14.8. The van der Waals surface area contributed by atoms with Crippen LogP contribution in [0.5, 0.6) is 0 Å². The summed E-state index contributed by atoms with van der Waals surface area (Å²) in [6.45, 7) is 8.52. The molecule has 0 radical (unpaired) electrons. The Labute approximate surface area is 141 Å². The third-order valence-electron chi connectivity index (χ3n) is 3.56. The zero-order valence-electron chi connectivity index (χ0n) is 13.9. The highest BCUT2D eigenvalue weighted by atomic mass is 32.2. The van der Waals surface area contributed by atoms with Gasteiger partial charge in [-0.15, -0.1) is 11.8 Å². The first kappa shape index (κ1) is 17.5. The van der Waals surface area contributed by atoms with Crippen molar-refractivity contribution in [2.45, 2.75) is 38.0 Å². The lowest BCUT2D eigenvalue weighted by Crippen LogP contribution is -2.15. The fraction of sp³-hybridized carbons (Fsp3) is 0.316. The lowest BCUT2D eigenvalue weighted by Gasteiger charge is -2.20. The number of aryl methyl sites for hydroxylation is 1. The average molecular weight is 331 g/mol. The Bertz CT molecular complexity index is 707. The molecule has 0 aliphatic rings. The lowest BCUT2D eigenvalue weighted by atomic mass is 9.87. The maximum Gasteiger partial charge on any atom is 0.234 e. The third-order valence-corrected chi connectivity index (χ3v) is 4.72. The maximum atomic E-state index is 13.5. The van der Waals surface area contributed by atoms with Crippen molar-refractivity contribution in [3.8, 4) is 0 Å². The predicted octanol–water partition coefficient (Wildman–Crippen LogP) is 5.16. The van der Waals surface area contributed by atoms with Gasteiger partial charge in [0.05, 0.1) is 11.4 Å². The van der Waals surface area contributed by atoms with Gasteiger partial charge < -0.3 is 5.32 Å². The summed E-state index contributed by atoms with van der Waals surface area (Å²) in [6.07, 6.45) is 0. The number of hydrogen-bond acceptors (Lipinski definition) is 2. The summed E-state index contributed by atoms with van der Waals surface area (Å²) in [5.74, 6) is -0.375. The van der Waals surface area contributed by atoms with Gasteiger partial charge in [-0.1, -0.05) is 45.0 Å². The molecule has 0 aromatic heterocycles. The van der Waals surface area contributed by atoms with Crippen molar-refractivity contribution in [3.05, 3.63) is 59.4 Å². The van der Waals surface area contributed by atoms with Crippen molar-refractivity contribution in [3.63, 3.8) is 0 Å². The fourth-order valence-electron chi connectivity index (χ4n) is 2.11. The highest BCUT2D eigenvalue weighted by Crippen LogP contribution is 2.29. The lowest BCUT2D eigenvalue weighted by molar-refractivity contribution is -0.113. The van der Waals surface area contributed by atoms with Crippen LogP contribution in [0.2, 0.25) is 0 Å². The van der Waals surface area contributed by atoms with E-state index in [1.807, 2.05) is 6.92 Å². The van der Waals surface area contributed by atoms with E-state index in [0.29, 0.717) is 0 Å². The Balaban J connectivity index is 2.03. The number of anilines is 1. The van der Waals surface area contributed by atoms with Gasteiger partial charge in [-0.2, -0.15) is 0 Å². The van der Waals surface area contributed by atoms with Crippen molar-refractivity contribution < 1.29 is 9.18 Å². The van der Waals surface area contributed by atoms with Gasteiger partial charge in [0, 0.05) is 4.90 Å². The van der Waals surface area contributed by atoms with Gasteiger partial charge in [0.15, 0.2) is 0 Å². The molecule has 0 spiro atoms. The van der Waals surface area contributed by atoms with Gasteiger partial charge in [0.1, 0.15) is 5.82 Å². The number of thioether (sulfide) groups is 1. The Kier molecular flexibility index (Phi) is 5.47. The van der Waals surface area contributed by atoms with Crippen molar-refractivity contribution in [1.29, 1.82) is 0 Å². The van der Waals surface area contributed by atoms with E-state index in [4.69, 9.17) is 0 Å². The van der Waals surface area contributed by atoms with Crippen LogP contribution < -0.4 is 5.32 Å². The molecule has 0 bridgehead atoms. The molecule has 2 rings (SSSR count). The number of carbonyl (C=O) groups excluding carboxylic acids is 1. The van der Waals surface area contributed by atoms with Crippen LogP contribution in [-0.2, 0) is 10.2 Å². The Hall–Kier alpha value is -1.81. The van der Waals surface area contributed by atoms with Gasteiger partial charge in [0.2, 0.25) is 5.91 Å². The summed E-state index contributed by atoms with van der Waals surface area (Å²) in [5, 5.41) is 2.61. The van der Waals surface area contributed by atoms with Gasteiger partial charge in [-0.25, -0.2) is 4.39 Å². The van der Waals surface area contributed by atoms with Gasteiger partial charge >= 0.3 is 0 Å². The van der Waals surface area contributed by atoms with E-state index >= 15 is 0 Å². The molecule has 1 amide bonds. The predicted molar refractivity (Wildman–Crippen MR) is 95.6 cm³/mol. The molecule has 0 saturated carbocycles. The van der Waals surface area contributed by atoms with Crippen LogP contribution in [0.3, 0.4) is 0 Å². The first-order valence-electron chi connectivity index (χ1n) is 7.55. The molecule has 0 atom stereocenters. The number of carbonyl (C=O) groups is 1. The van der Waals surface area contributed by atoms with Crippen molar-refractivity contribution in [1.82, 2.24) is 0 Å². The number of amides is 1. The molecule has 1 N–H and O–H groups in total. The van der Waals surface area contributed by atoms with Crippen LogP contribution in [0.4, 0.5) is 10.1 Å². The molecule has 2 nitrogen and oxygen atoms in total. The minimum absolute atomic E-state index is 0.0679. The van der Waals surface area contributed by atoms with Gasteiger partial charge in [-0.05, 0) is 41.7 Å². The Morgan fingerprint density at radius 3 is 2.52 bits per heavy atom. The summed E-state index contributed by atoms with van der Waals surface area (Å²) in [7, 11) is 0. The van der Waals surface area contributed by atoms with Crippen LogP contribution in [0.25, 0.3) is 0 Å².